The Morgan fingerprint density at radius 1 is 1.30 bits per heavy atom. The second kappa shape index (κ2) is 11.3. The summed E-state index contributed by atoms with van der Waals surface area (Å²) in [6, 6.07) is 9.18. The molecule has 8 nitrogen and oxygen atoms in total. The van der Waals surface area contributed by atoms with Crippen molar-refractivity contribution in [1.29, 1.82) is 0 Å². The summed E-state index contributed by atoms with van der Waals surface area (Å²) in [4.78, 5) is 32.1. The Balaban J connectivity index is 1.70. The number of hydrogen-bond donors (Lipinski definition) is 3. The SMILES string of the molecule is CC(C)(C)C(NC(=O)[C@H](CC1CCCC1)CN(O)C=O)c1ncc(COc2ccccc2)[nH]1. The molecule has 1 fully saturated rings. The van der Waals surface area contributed by atoms with Crippen LogP contribution in [0.5, 0.6) is 5.75 Å². The van der Waals surface area contributed by atoms with E-state index in [0.29, 0.717) is 36.2 Å². The Morgan fingerprint density at radius 3 is 2.64 bits per heavy atom. The van der Waals surface area contributed by atoms with E-state index in [9.17, 15) is 14.8 Å². The van der Waals surface area contributed by atoms with Gasteiger partial charge in [0, 0.05) is 0 Å². The largest absolute Gasteiger partial charge is 0.487 e. The summed E-state index contributed by atoms with van der Waals surface area (Å²) in [6.45, 7) is 6.44. The molecule has 1 aliphatic rings. The van der Waals surface area contributed by atoms with Gasteiger partial charge >= 0.3 is 0 Å². The van der Waals surface area contributed by atoms with Gasteiger partial charge in [-0.1, -0.05) is 64.7 Å². The van der Waals surface area contributed by atoms with Crippen LogP contribution in [0.25, 0.3) is 0 Å². The first kappa shape index (κ1) is 24.8. The number of hydrogen-bond acceptors (Lipinski definition) is 5. The molecule has 3 N–H and O–H groups in total. The zero-order chi connectivity index (χ0) is 23.8. The number of carbonyl (C=O) groups is 2. The quantitative estimate of drug-likeness (QED) is 0.266. The second-order valence-corrected chi connectivity index (χ2v) is 10.0. The predicted molar refractivity (Wildman–Crippen MR) is 124 cm³/mol. The van der Waals surface area contributed by atoms with E-state index in [-0.39, 0.29) is 23.9 Å². The zero-order valence-corrected chi connectivity index (χ0v) is 19.8. The summed E-state index contributed by atoms with van der Waals surface area (Å²) in [6.07, 6.45) is 7.23. The third kappa shape index (κ3) is 7.32. The van der Waals surface area contributed by atoms with Crippen LogP contribution >= 0.6 is 0 Å². The van der Waals surface area contributed by atoms with E-state index in [4.69, 9.17) is 4.74 Å². The molecular weight excluding hydrogens is 420 g/mol. The zero-order valence-electron chi connectivity index (χ0n) is 19.8. The van der Waals surface area contributed by atoms with Crippen LogP contribution in [0.1, 0.15) is 70.4 Å². The molecule has 33 heavy (non-hydrogen) atoms. The molecule has 2 atom stereocenters. The number of aromatic amines is 1. The normalized spacial score (nSPS) is 16.2. The molecule has 3 rings (SSSR count). The fourth-order valence-corrected chi connectivity index (χ4v) is 4.41. The summed E-state index contributed by atoms with van der Waals surface area (Å²) >= 11 is 0. The number of hydroxylamine groups is 2. The highest BCUT2D eigenvalue weighted by atomic mass is 16.5. The molecule has 1 aromatic heterocycles. The number of amides is 2. The first-order valence-corrected chi connectivity index (χ1v) is 11.7. The third-order valence-corrected chi connectivity index (χ3v) is 6.20. The van der Waals surface area contributed by atoms with Crippen LogP contribution in [0.4, 0.5) is 0 Å². The average Bonchev–Trinajstić information content (AvgIpc) is 3.47. The van der Waals surface area contributed by atoms with Gasteiger partial charge in [-0.25, -0.2) is 10.0 Å². The van der Waals surface area contributed by atoms with Crippen LogP contribution in [0.3, 0.4) is 0 Å². The van der Waals surface area contributed by atoms with Gasteiger partial charge in [0.15, 0.2) is 0 Å². The van der Waals surface area contributed by atoms with E-state index >= 15 is 0 Å². The maximum absolute atomic E-state index is 13.3. The highest BCUT2D eigenvalue weighted by Crippen LogP contribution is 2.34. The maximum atomic E-state index is 13.3. The highest BCUT2D eigenvalue weighted by molar-refractivity contribution is 5.79. The summed E-state index contributed by atoms with van der Waals surface area (Å²) in [5, 5.41) is 13.5. The van der Waals surface area contributed by atoms with Crippen molar-refractivity contribution >= 4 is 12.3 Å². The number of nitrogens with zero attached hydrogens (tertiary/aromatic N) is 2. The topological polar surface area (TPSA) is 108 Å². The molecule has 0 radical (unpaired) electrons. The lowest BCUT2D eigenvalue weighted by Gasteiger charge is -2.32. The van der Waals surface area contributed by atoms with E-state index in [1.165, 1.54) is 12.8 Å². The van der Waals surface area contributed by atoms with Gasteiger partial charge in [-0.3, -0.25) is 14.8 Å². The molecule has 1 saturated carbocycles. The number of imidazole rings is 1. The lowest BCUT2D eigenvalue weighted by molar-refractivity contribution is -0.155. The second-order valence-electron chi connectivity index (χ2n) is 10.0. The number of para-hydroxylation sites is 1. The van der Waals surface area contributed by atoms with Crippen molar-refractivity contribution in [3.8, 4) is 5.75 Å². The standard InChI is InChI=1S/C25H36N4O4/c1-25(2,3)22(23-26-14-20(27-23)16-33-21-11-5-4-6-12-21)28-24(31)19(15-29(32)17-30)13-18-9-7-8-10-18/h4-6,11-12,14,17-19,22,32H,7-10,13,15-16H2,1-3H3,(H,26,27)(H,28,31)/t19-,22?/m1/s1. The highest BCUT2D eigenvalue weighted by Gasteiger charge is 2.34. The van der Waals surface area contributed by atoms with Crippen molar-refractivity contribution in [1.82, 2.24) is 20.3 Å². The molecule has 1 aromatic carbocycles. The molecule has 2 amide bonds. The van der Waals surface area contributed by atoms with Crippen LogP contribution < -0.4 is 10.1 Å². The predicted octanol–water partition coefficient (Wildman–Crippen LogP) is 4.24. The molecule has 8 heteroatoms. The van der Waals surface area contributed by atoms with Gasteiger partial charge < -0.3 is 15.0 Å². The Morgan fingerprint density at radius 2 is 2.00 bits per heavy atom. The van der Waals surface area contributed by atoms with E-state index in [1.807, 2.05) is 51.1 Å². The van der Waals surface area contributed by atoms with E-state index in [1.54, 1.807) is 6.20 Å². The van der Waals surface area contributed by atoms with Crippen molar-refractivity contribution in [3.63, 3.8) is 0 Å². The van der Waals surface area contributed by atoms with Gasteiger partial charge in [0.2, 0.25) is 12.3 Å². The molecule has 180 valence electrons. The lowest BCUT2D eigenvalue weighted by Crippen LogP contribution is -2.43. The van der Waals surface area contributed by atoms with Crippen LogP contribution in [-0.4, -0.2) is 39.1 Å². The Hall–Kier alpha value is -2.87. The first-order chi connectivity index (χ1) is 15.8. The number of rotatable bonds is 11. The van der Waals surface area contributed by atoms with Gasteiger partial charge in [-0.05, 0) is 29.9 Å². The molecule has 0 aliphatic heterocycles. The van der Waals surface area contributed by atoms with Gasteiger partial charge in [0.25, 0.3) is 0 Å². The van der Waals surface area contributed by atoms with Crippen molar-refractivity contribution in [3.05, 3.63) is 48.0 Å². The summed E-state index contributed by atoms with van der Waals surface area (Å²) in [7, 11) is 0. The van der Waals surface area contributed by atoms with Gasteiger partial charge in [-0.2, -0.15) is 0 Å². The van der Waals surface area contributed by atoms with Gasteiger partial charge in [-0.15, -0.1) is 0 Å². The van der Waals surface area contributed by atoms with Crippen molar-refractivity contribution < 1.29 is 19.5 Å². The Bertz CT molecular complexity index is 887. The number of nitrogens with one attached hydrogen (secondary N) is 2. The first-order valence-electron chi connectivity index (χ1n) is 11.7. The van der Waals surface area contributed by atoms with E-state index in [2.05, 4.69) is 15.3 Å². The lowest BCUT2D eigenvalue weighted by atomic mass is 9.85. The molecular formula is C25H36N4O4. The minimum Gasteiger partial charge on any atom is -0.487 e. The minimum atomic E-state index is -0.482. The van der Waals surface area contributed by atoms with Gasteiger partial charge in [0.05, 0.1) is 30.4 Å². The number of benzene rings is 1. The van der Waals surface area contributed by atoms with Crippen molar-refractivity contribution in [2.24, 2.45) is 17.3 Å². The molecule has 0 saturated heterocycles. The molecule has 1 aliphatic carbocycles. The fourth-order valence-electron chi connectivity index (χ4n) is 4.41. The summed E-state index contributed by atoms with van der Waals surface area (Å²) < 4.78 is 5.80. The van der Waals surface area contributed by atoms with Crippen LogP contribution in [-0.2, 0) is 16.2 Å². The van der Waals surface area contributed by atoms with Crippen LogP contribution in [0.15, 0.2) is 36.5 Å². The van der Waals surface area contributed by atoms with Gasteiger partial charge in [0.1, 0.15) is 18.2 Å². The van der Waals surface area contributed by atoms with Crippen LogP contribution in [0.2, 0.25) is 0 Å². The molecule has 2 aromatic rings. The molecule has 1 unspecified atom stereocenters. The minimum absolute atomic E-state index is 0.0168. The summed E-state index contributed by atoms with van der Waals surface area (Å²) in [5.41, 5.74) is 0.495. The maximum Gasteiger partial charge on any atom is 0.233 e. The summed E-state index contributed by atoms with van der Waals surface area (Å²) in [5.74, 6) is 1.20. The third-order valence-electron chi connectivity index (χ3n) is 6.20. The van der Waals surface area contributed by atoms with E-state index in [0.717, 1.165) is 24.3 Å². The molecule has 0 spiro atoms. The number of H-pyrrole nitrogens is 1. The molecule has 1 heterocycles. The number of ether oxygens (including phenoxy) is 1. The van der Waals surface area contributed by atoms with Crippen molar-refractivity contribution in [2.45, 2.75) is 65.5 Å². The molecule has 0 bridgehead atoms. The Kier molecular flexibility index (Phi) is 8.49. The number of aromatic nitrogens is 2. The van der Waals surface area contributed by atoms with Crippen LogP contribution in [0, 0.1) is 17.3 Å². The Labute approximate surface area is 195 Å². The number of carbonyl (C=O) groups excluding carboxylic acids is 2. The fraction of sp³-hybridized carbons (Fsp3) is 0.560. The average molecular weight is 457 g/mol. The monoisotopic (exact) mass is 456 g/mol. The van der Waals surface area contributed by atoms with E-state index < -0.39 is 5.92 Å². The smallest absolute Gasteiger partial charge is 0.233 e. The van der Waals surface area contributed by atoms with Crippen molar-refractivity contribution in [2.75, 3.05) is 6.54 Å².